The van der Waals surface area contributed by atoms with Crippen LogP contribution < -0.4 is 16.1 Å². The average molecular weight is 506 g/mol. The van der Waals surface area contributed by atoms with Gasteiger partial charge < -0.3 is 4.90 Å². The first-order valence-corrected chi connectivity index (χ1v) is 12.5. The fourth-order valence-electron chi connectivity index (χ4n) is 4.74. The second-order valence-corrected chi connectivity index (χ2v) is 10.6. The molecule has 1 N–H and O–H groups in total. The van der Waals surface area contributed by atoms with E-state index in [9.17, 15) is 14.0 Å². The number of aromatic amines is 1. The van der Waals surface area contributed by atoms with Gasteiger partial charge in [-0.2, -0.15) is 4.98 Å². The number of nitrogens with zero attached hydrogens (tertiary/aromatic N) is 6. The standard InChI is InChI=1S/C27H32FN7O2/c1-27(2,3)21-10-9-18(15-29-21)16-33-11-13-34(14-12-33)25-30-23-22(24(36)31-26(37)32(23)4)35(25)17-19-7-5-6-8-20(19)28/h5-10,15H,11-14,16-17H2,1-4H3,(H,31,36,37). The molecule has 1 fully saturated rings. The molecule has 194 valence electrons. The summed E-state index contributed by atoms with van der Waals surface area (Å²) in [6.45, 7) is 10.3. The Kier molecular flexibility index (Phi) is 6.45. The monoisotopic (exact) mass is 505 g/mol. The maximum atomic E-state index is 14.5. The molecule has 5 rings (SSSR count). The summed E-state index contributed by atoms with van der Waals surface area (Å²) in [5.74, 6) is 0.202. The van der Waals surface area contributed by atoms with Crippen LogP contribution in [0.1, 0.15) is 37.6 Å². The first kappa shape index (κ1) is 24.9. The van der Waals surface area contributed by atoms with Gasteiger partial charge in [-0.15, -0.1) is 0 Å². The number of benzene rings is 1. The Hall–Kier alpha value is -3.79. The molecular weight excluding hydrogens is 473 g/mol. The number of imidazole rings is 1. The number of halogens is 1. The zero-order valence-electron chi connectivity index (χ0n) is 21.7. The van der Waals surface area contributed by atoms with Crippen molar-refractivity contribution < 1.29 is 4.39 Å². The lowest BCUT2D eigenvalue weighted by molar-refractivity contribution is 0.248. The molecule has 37 heavy (non-hydrogen) atoms. The van der Waals surface area contributed by atoms with Crippen molar-refractivity contribution in [3.05, 3.63) is 86.1 Å². The number of H-pyrrole nitrogens is 1. The molecule has 1 saturated heterocycles. The zero-order chi connectivity index (χ0) is 26.3. The number of aryl methyl sites for hydroxylation is 1. The van der Waals surface area contributed by atoms with Crippen molar-refractivity contribution in [3.8, 4) is 0 Å². The number of nitrogens with one attached hydrogen (secondary N) is 1. The molecular formula is C27H32FN7O2. The lowest BCUT2D eigenvalue weighted by Gasteiger charge is -2.35. The first-order valence-electron chi connectivity index (χ1n) is 12.5. The molecule has 0 saturated carbocycles. The summed E-state index contributed by atoms with van der Waals surface area (Å²) in [4.78, 5) is 41.2. The van der Waals surface area contributed by atoms with E-state index in [1.165, 1.54) is 10.6 Å². The summed E-state index contributed by atoms with van der Waals surface area (Å²) < 4.78 is 17.6. The topological polar surface area (TPSA) is 92.0 Å². The van der Waals surface area contributed by atoms with Gasteiger partial charge in [0.1, 0.15) is 5.82 Å². The molecule has 0 spiro atoms. The lowest BCUT2D eigenvalue weighted by Crippen LogP contribution is -2.47. The molecule has 4 aromatic rings. The summed E-state index contributed by atoms with van der Waals surface area (Å²) in [7, 11) is 1.57. The van der Waals surface area contributed by atoms with E-state index in [1.807, 2.05) is 6.20 Å². The predicted molar refractivity (Wildman–Crippen MR) is 142 cm³/mol. The second-order valence-electron chi connectivity index (χ2n) is 10.6. The number of piperazine rings is 1. The van der Waals surface area contributed by atoms with Gasteiger partial charge in [0, 0.05) is 62.6 Å². The van der Waals surface area contributed by atoms with Gasteiger partial charge in [-0.1, -0.05) is 45.0 Å². The SMILES string of the molecule is Cn1c(=O)[nH]c(=O)c2c1nc(N1CCN(Cc3ccc(C(C)(C)C)nc3)CC1)n2Cc1ccccc1F. The van der Waals surface area contributed by atoms with Gasteiger partial charge in [0.05, 0.1) is 6.54 Å². The second kappa shape index (κ2) is 9.59. The third-order valence-corrected chi connectivity index (χ3v) is 6.93. The molecule has 4 heterocycles. The summed E-state index contributed by atoms with van der Waals surface area (Å²) in [6.07, 6.45) is 1.95. The van der Waals surface area contributed by atoms with Gasteiger partial charge in [-0.05, 0) is 17.7 Å². The Morgan fingerprint density at radius 2 is 1.73 bits per heavy atom. The van der Waals surface area contributed by atoms with E-state index in [1.54, 1.807) is 29.8 Å². The summed E-state index contributed by atoms with van der Waals surface area (Å²) >= 11 is 0. The largest absolute Gasteiger partial charge is 0.340 e. The van der Waals surface area contributed by atoms with Crippen molar-refractivity contribution >= 4 is 17.1 Å². The molecule has 3 aromatic heterocycles. The number of hydrogen-bond acceptors (Lipinski definition) is 6. The minimum atomic E-state index is -0.532. The van der Waals surface area contributed by atoms with Gasteiger partial charge in [-0.3, -0.25) is 28.8 Å². The predicted octanol–water partition coefficient (Wildman–Crippen LogP) is 2.63. The molecule has 0 bridgehead atoms. The highest BCUT2D eigenvalue weighted by Crippen LogP contribution is 2.24. The van der Waals surface area contributed by atoms with Crippen LogP contribution in [0.3, 0.4) is 0 Å². The van der Waals surface area contributed by atoms with E-state index >= 15 is 0 Å². The van der Waals surface area contributed by atoms with Gasteiger partial charge in [0.2, 0.25) is 5.95 Å². The Labute approximate surface area is 214 Å². The minimum Gasteiger partial charge on any atom is -0.340 e. The van der Waals surface area contributed by atoms with Crippen molar-refractivity contribution in [2.24, 2.45) is 7.05 Å². The van der Waals surface area contributed by atoms with E-state index < -0.39 is 11.2 Å². The van der Waals surface area contributed by atoms with E-state index in [0.717, 1.165) is 30.9 Å². The molecule has 1 aromatic carbocycles. The molecule has 1 aliphatic rings. The summed E-state index contributed by atoms with van der Waals surface area (Å²) in [5, 5.41) is 0. The van der Waals surface area contributed by atoms with Gasteiger partial charge in [0.15, 0.2) is 11.2 Å². The number of fused-ring (bicyclic) bond motifs is 1. The van der Waals surface area contributed by atoms with Crippen LogP contribution in [-0.4, -0.2) is 55.2 Å². The zero-order valence-corrected chi connectivity index (χ0v) is 21.7. The van der Waals surface area contributed by atoms with E-state index in [0.29, 0.717) is 24.6 Å². The van der Waals surface area contributed by atoms with Crippen LogP contribution in [0.25, 0.3) is 11.2 Å². The van der Waals surface area contributed by atoms with Crippen molar-refractivity contribution in [2.75, 3.05) is 31.1 Å². The summed E-state index contributed by atoms with van der Waals surface area (Å²) in [5.41, 5.74) is 2.17. The maximum absolute atomic E-state index is 14.5. The van der Waals surface area contributed by atoms with Crippen molar-refractivity contribution in [1.29, 1.82) is 0 Å². The Balaban J connectivity index is 1.40. The van der Waals surface area contributed by atoms with E-state index in [-0.39, 0.29) is 28.9 Å². The van der Waals surface area contributed by atoms with Crippen LogP contribution >= 0.6 is 0 Å². The summed E-state index contributed by atoms with van der Waals surface area (Å²) in [6, 6.07) is 10.7. The number of rotatable bonds is 5. The highest BCUT2D eigenvalue weighted by molar-refractivity contribution is 5.74. The van der Waals surface area contributed by atoms with Gasteiger partial charge in [-0.25, -0.2) is 9.18 Å². The minimum absolute atomic E-state index is 0.0173. The van der Waals surface area contributed by atoms with Gasteiger partial charge >= 0.3 is 5.69 Å². The highest BCUT2D eigenvalue weighted by atomic mass is 19.1. The average Bonchev–Trinajstić information content (AvgIpc) is 3.24. The Bertz CT molecular complexity index is 1540. The van der Waals surface area contributed by atoms with E-state index in [2.05, 4.69) is 52.7 Å². The number of hydrogen-bond donors (Lipinski definition) is 1. The first-order chi connectivity index (χ1) is 17.6. The molecule has 9 nitrogen and oxygen atoms in total. The molecule has 0 radical (unpaired) electrons. The van der Waals surface area contributed by atoms with Crippen LogP contribution in [0.15, 0.2) is 52.2 Å². The van der Waals surface area contributed by atoms with Crippen LogP contribution in [0.4, 0.5) is 10.3 Å². The Morgan fingerprint density at radius 3 is 2.38 bits per heavy atom. The molecule has 1 aliphatic heterocycles. The number of pyridine rings is 1. The van der Waals surface area contributed by atoms with E-state index in [4.69, 9.17) is 4.98 Å². The smallest absolute Gasteiger partial charge is 0.329 e. The molecule has 0 aliphatic carbocycles. The van der Waals surface area contributed by atoms with Gasteiger partial charge in [0.25, 0.3) is 5.56 Å². The molecule has 0 unspecified atom stereocenters. The fourth-order valence-corrected chi connectivity index (χ4v) is 4.74. The van der Waals surface area contributed by atoms with Crippen molar-refractivity contribution in [3.63, 3.8) is 0 Å². The molecule has 0 atom stereocenters. The normalized spacial score (nSPS) is 15.0. The highest BCUT2D eigenvalue weighted by Gasteiger charge is 2.26. The van der Waals surface area contributed by atoms with Crippen molar-refractivity contribution in [1.82, 2.24) is 29.0 Å². The fraction of sp³-hybridized carbons (Fsp3) is 0.407. The van der Waals surface area contributed by atoms with Crippen LogP contribution in [0.5, 0.6) is 0 Å². The Morgan fingerprint density at radius 1 is 1.00 bits per heavy atom. The molecule has 0 amide bonds. The maximum Gasteiger partial charge on any atom is 0.329 e. The van der Waals surface area contributed by atoms with Crippen LogP contribution in [-0.2, 0) is 25.6 Å². The molecule has 10 heteroatoms. The van der Waals surface area contributed by atoms with Crippen LogP contribution in [0.2, 0.25) is 0 Å². The number of anilines is 1. The third kappa shape index (κ3) is 4.93. The quantitative estimate of drug-likeness (QED) is 0.448. The van der Waals surface area contributed by atoms with Crippen molar-refractivity contribution in [2.45, 2.75) is 39.3 Å². The van der Waals surface area contributed by atoms with Crippen LogP contribution in [0, 0.1) is 5.82 Å². The third-order valence-electron chi connectivity index (χ3n) is 6.93. The lowest BCUT2D eigenvalue weighted by atomic mass is 9.91. The number of aromatic nitrogens is 5.